The predicted octanol–water partition coefficient (Wildman–Crippen LogP) is 3.56. The molecule has 1 aromatic heterocycles. The fourth-order valence-corrected chi connectivity index (χ4v) is 2.50. The molecule has 0 unspecified atom stereocenters. The van der Waals surface area contributed by atoms with E-state index in [4.69, 9.17) is 9.63 Å². The van der Waals surface area contributed by atoms with Gasteiger partial charge in [0.05, 0.1) is 0 Å². The predicted molar refractivity (Wildman–Crippen MR) is 64.3 cm³/mol. The van der Waals surface area contributed by atoms with Crippen LogP contribution in [0.4, 0.5) is 0 Å². The van der Waals surface area contributed by atoms with Gasteiger partial charge in [0.25, 0.3) is 0 Å². The largest absolute Gasteiger partial charge is 0.476 e. The van der Waals surface area contributed by atoms with Gasteiger partial charge >= 0.3 is 5.97 Å². The topological polar surface area (TPSA) is 63.3 Å². The third kappa shape index (κ3) is 2.33. The molecule has 0 aliphatic carbocycles. The molecular formula is C10H5Br2NO3. The maximum Gasteiger partial charge on any atom is 0.358 e. The fourth-order valence-electron chi connectivity index (χ4n) is 1.21. The Morgan fingerprint density at radius 3 is 2.31 bits per heavy atom. The summed E-state index contributed by atoms with van der Waals surface area (Å²) < 4.78 is 6.68. The van der Waals surface area contributed by atoms with Crippen LogP contribution in [0, 0.1) is 0 Å². The third-order valence-corrected chi connectivity index (χ3v) is 2.79. The summed E-state index contributed by atoms with van der Waals surface area (Å²) >= 11 is 6.68. The summed E-state index contributed by atoms with van der Waals surface area (Å²) in [5, 5.41) is 12.2. The van der Waals surface area contributed by atoms with Crippen LogP contribution in [-0.4, -0.2) is 16.2 Å². The zero-order valence-electron chi connectivity index (χ0n) is 7.78. The van der Waals surface area contributed by atoms with Gasteiger partial charge in [-0.15, -0.1) is 0 Å². The first-order valence-corrected chi connectivity index (χ1v) is 5.81. The lowest BCUT2D eigenvalue weighted by molar-refractivity contribution is 0.0686. The van der Waals surface area contributed by atoms with Crippen LogP contribution >= 0.6 is 31.9 Å². The number of rotatable bonds is 2. The van der Waals surface area contributed by atoms with E-state index in [1.807, 2.05) is 18.2 Å². The fraction of sp³-hybridized carbons (Fsp3) is 0. The van der Waals surface area contributed by atoms with E-state index in [2.05, 4.69) is 37.0 Å². The van der Waals surface area contributed by atoms with Gasteiger partial charge in [-0.1, -0.05) is 37.0 Å². The van der Waals surface area contributed by atoms with Crippen molar-refractivity contribution in [3.8, 4) is 11.3 Å². The summed E-state index contributed by atoms with van der Waals surface area (Å²) in [5.41, 5.74) is 0.646. The normalized spacial score (nSPS) is 10.4. The highest BCUT2D eigenvalue weighted by atomic mass is 79.9. The van der Waals surface area contributed by atoms with E-state index >= 15 is 0 Å². The molecule has 0 saturated carbocycles. The molecular weight excluding hydrogens is 342 g/mol. The molecule has 0 spiro atoms. The number of aromatic carboxylic acids is 1. The van der Waals surface area contributed by atoms with Crippen molar-refractivity contribution in [2.75, 3.05) is 0 Å². The van der Waals surface area contributed by atoms with Crippen LogP contribution in [0.1, 0.15) is 10.5 Å². The van der Waals surface area contributed by atoms with Gasteiger partial charge in [0.15, 0.2) is 11.5 Å². The van der Waals surface area contributed by atoms with Crippen LogP contribution < -0.4 is 0 Å². The van der Waals surface area contributed by atoms with Gasteiger partial charge in [0, 0.05) is 20.6 Å². The van der Waals surface area contributed by atoms with E-state index in [-0.39, 0.29) is 5.69 Å². The maximum atomic E-state index is 10.6. The van der Waals surface area contributed by atoms with Gasteiger partial charge < -0.3 is 9.63 Å². The summed E-state index contributed by atoms with van der Waals surface area (Å²) in [7, 11) is 0. The number of hydrogen-bond acceptors (Lipinski definition) is 3. The Bertz CT molecular complexity index is 530. The zero-order chi connectivity index (χ0) is 11.7. The molecule has 2 aromatic rings. The van der Waals surface area contributed by atoms with Crippen LogP contribution in [0.15, 0.2) is 37.7 Å². The summed E-state index contributed by atoms with van der Waals surface area (Å²) in [6.45, 7) is 0. The van der Waals surface area contributed by atoms with Crippen LogP contribution in [0.3, 0.4) is 0 Å². The lowest BCUT2D eigenvalue weighted by atomic mass is 10.2. The molecule has 0 aliphatic rings. The lowest BCUT2D eigenvalue weighted by Gasteiger charge is -1.98. The summed E-state index contributed by atoms with van der Waals surface area (Å²) in [5.74, 6) is -0.691. The van der Waals surface area contributed by atoms with Crippen molar-refractivity contribution in [2.45, 2.75) is 0 Å². The second-order valence-electron chi connectivity index (χ2n) is 3.04. The average Bonchev–Trinajstić information content (AvgIpc) is 2.64. The monoisotopic (exact) mass is 345 g/mol. The van der Waals surface area contributed by atoms with Crippen molar-refractivity contribution in [2.24, 2.45) is 0 Å². The summed E-state index contributed by atoms with van der Waals surface area (Å²) in [6.07, 6.45) is 0. The molecule has 0 bridgehead atoms. The number of carbonyl (C=O) groups is 1. The Kier molecular flexibility index (Phi) is 3.11. The van der Waals surface area contributed by atoms with Gasteiger partial charge in [0.2, 0.25) is 0 Å². The van der Waals surface area contributed by atoms with Crippen molar-refractivity contribution >= 4 is 37.8 Å². The Morgan fingerprint density at radius 2 is 1.81 bits per heavy atom. The number of carboxylic acids is 1. The van der Waals surface area contributed by atoms with E-state index in [1.54, 1.807) is 0 Å². The molecule has 0 aliphatic heterocycles. The Labute approximate surface area is 108 Å². The summed E-state index contributed by atoms with van der Waals surface area (Å²) in [6, 6.07) is 6.89. The average molecular weight is 347 g/mol. The second kappa shape index (κ2) is 4.39. The van der Waals surface area contributed by atoms with E-state index < -0.39 is 5.97 Å². The standard InChI is InChI=1S/C10H5Br2NO3/c11-6-1-5(2-7(12)3-6)9-4-8(10(14)15)13-16-9/h1-4H,(H,14,15). The number of benzene rings is 1. The highest BCUT2D eigenvalue weighted by molar-refractivity contribution is 9.11. The molecule has 4 nitrogen and oxygen atoms in total. The smallest absolute Gasteiger partial charge is 0.358 e. The van der Waals surface area contributed by atoms with Crippen molar-refractivity contribution in [1.29, 1.82) is 0 Å². The van der Waals surface area contributed by atoms with E-state index in [9.17, 15) is 4.79 Å². The van der Waals surface area contributed by atoms with E-state index in [0.29, 0.717) is 5.76 Å². The third-order valence-electron chi connectivity index (χ3n) is 1.88. The second-order valence-corrected chi connectivity index (χ2v) is 4.87. The Hall–Kier alpha value is -1.14. The zero-order valence-corrected chi connectivity index (χ0v) is 10.9. The highest BCUT2D eigenvalue weighted by Crippen LogP contribution is 2.28. The molecule has 0 fully saturated rings. The molecule has 0 amide bonds. The van der Waals surface area contributed by atoms with Gasteiger partial charge in [-0.05, 0) is 18.2 Å². The molecule has 82 valence electrons. The van der Waals surface area contributed by atoms with E-state index in [0.717, 1.165) is 14.5 Å². The Morgan fingerprint density at radius 1 is 1.19 bits per heavy atom. The van der Waals surface area contributed by atoms with Crippen molar-refractivity contribution in [3.05, 3.63) is 38.9 Å². The van der Waals surface area contributed by atoms with Gasteiger partial charge in [-0.2, -0.15) is 0 Å². The maximum absolute atomic E-state index is 10.6. The molecule has 16 heavy (non-hydrogen) atoms. The molecule has 0 atom stereocenters. The van der Waals surface area contributed by atoms with Crippen LogP contribution in [0.5, 0.6) is 0 Å². The van der Waals surface area contributed by atoms with Crippen LogP contribution in [0.2, 0.25) is 0 Å². The van der Waals surface area contributed by atoms with Crippen molar-refractivity contribution in [1.82, 2.24) is 5.16 Å². The van der Waals surface area contributed by atoms with Gasteiger partial charge in [0.1, 0.15) is 0 Å². The van der Waals surface area contributed by atoms with Crippen LogP contribution in [-0.2, 0) is 0 Å². The SMILES string of the molecule is O=C(O)c1cc(-c2cc(Br)cc(Br)c2)on1. The first-order valence-electron chi connectivity index (χ1n) is 4.23. The minimum atomic E-state index is -1.11. The van der Waals surface area contributed by atoms with Gasteiger partial charge in [-0.25, -0.2) is 4.79 Å². The first kappa shape index (κ1) is 11.3. The highest BCUT2D eigenvalue weighted by Gasteiger charge is 2.12. The molecule has 1 aromatic carbocycles. The Balaban J connectivity index is 2.46. The minimum absolute atomic E-state index is 0.105. The van der Waals surface area contributed by atoms with E-state index in [1.165, 1.54) is 6.07 Å². The molecule has 1 N–H and O–H groups in total. The minimum Gasteiger partial charge on any atom is -0.476 e. The molecule has 1 heterocycles. The number of aromatic nitrogens is 1. The molecule has 6 heteroatoms. The first-order chi connectivity index (χ1) is 7.56. The van der Waals surface area contributed by atoms with Gasteiger partial charge in [-0.3, -0.25) is 0 Å². The quantitative estimate of drug-likeness (QED) is 0.902. The van der Waals surface area contributed by atoms with Crippen molar-refractivity contribution < 1.29 is 14.4 Å². The molecule has 0 saturated heterocycles. The number of halogens is 2. The number of nitrogens with zero attached hydrogens (tertiary/aromatic N) is 1. The number of carboxylic acid groups (broad SMARTS) is 1. The summed E-state index contributed by atoms with van der Waals surface area (Å²) in [4.78, 5) is 10.6. The number of hydrogen-bond donors (Lipinski definition) is 1. The van der Waals surface area contributed by atoms with Crippen LogP contribution in [0.25, 0.3) is 11.3 Å². The molecule has 0 radical (unpaired) electrons. The molecule has 2 rings (SSSR count). The lowest BCUT2D eigenvalue weighted by Crippen LogP contribution is -1.94. The van der Waals surface area contributed by atoms with Crippen molar-refractivity contribution in [3.63, 3.8) is 0 Å².